The number of nitrogens with zero attached hydrogens (tertiary/aromatic N) is 4. The van der Waals surface area contributed by atoms with Crippen molar-refractivity contribution in [3.8, 4) is 17.2 Å². The van der Waals surface area contributed by atoms with Crippen LogP contribution in [0.5, 0.6) is 5.75 Å². The van der Waals surface area contributed by atoms with Gasteiger partial charge in [0.2, 0.25) is 0 Å². The first kappa shape index (κ1) is 19.2. The van der Waals surface area contributed by atoms with Gasteiger partial charge in [-0.15, -0.1) is 0 Å². The number of benzene rings is 1. The highest BCUT2D eigenvalue weighted by Gasteiger charge is 2.21. The zero-order chi connectivity index (χ0) is 19.3. The van der Waals surface area contributed by atoms with Crippen molar-refractivity contribution in [2.24, 2.45) is 5.92 Å². The predicted octanol–water partition coefficient (Wildman–Crippen LogP) is 5.09. The quantitative estimate of drug-likeness (QED) is 0.532. The van der Waals surface area contributed by atoms with E-state index in [9.17, 15) is 0 Å². The van der Waals surface area contributed by atoms with E-state index in [1.807, 2.05) is 31.2 Å². The Balaban J connectivity index is 1.21. The summed E-state index contributed by atoms with van der Waals surface area (Å²) < 4.78 is 12.0. The SMILES string of the molecule is CCc1noc(-c2ccc(OCCC3CCN(c4ncc(Cl)s4)CC3)cc2)n1. The van der Waals surface area contributed by atoms with E-state index >= 15 is 0 Å². The van der Waals surface area contributed by atoms with Gasteiger partial charge in [-0.2, -0.15) is 4.98 Å². The number of hydrogen-bond donors (Lipinski definition) is 0. The predicted molar refractivity (Wildman–Crippen MR) is 111 cm³/mol. The van der Waals surface area contributed by atoms with Crippen molar-refractivity contribution in [2.45, 2.75) is 32.6 Å². The monoisotopic (exact) mass is 418 g/mol. The Morgan fingerprint density at radius 3 is 2.68 bits per heavy atom. The number of aryl methyl sites for hydroxylation is 1. The number of aromatic nitrogens is 3. The maximum atomic E-state index is 5.99. The number of halogens is 1. The minimum absolute atomic E-state index is 0.552. The molecule has 0 radical (unpaired) electrons. The molecule has 0 unspecified atom stereocenters. The van der Waals surface area contributed by atoms with E-state index in [1.165, 1.54) is 0 Å². The van der Waals surface area contributed by atoms with Gasteiger partial charge < -0.3 is 14.2 Å². The third-order valence-corrected chi connectivity index (χ3v) is 6.21. The summed E-state index contributed by atoms with van der Waals surface area (Å²) in [6.07, 6.45) is 5.89. The fraction of sp³-hybridized carbons (Fsp3) is 0.450. The van der Waals surface area contributed by atoms with Crippen LogP contribution in [-0.4, -0.2) is 34.8 Å². The Bertz CT molecular complexity index is 888. The van der Waals surface area contributed by atoms with Gasteiger partial charge in [0.05, 0.1) is 12.8 Å². The molecule has 2 aromatic heterocycles. The summed E-state index contributed by atoms with van der Waals surface area (Å²) in [5.74, 6) is 2.83. The summed E-state index contributed by atoms with van der Waals surface area (Å²) in [5.41, 5.74) is 0.911. The Morgan fingerprint density at radius 1 is 1.25 bits per heavy atom. The lowest BCUT2D eigenvalue weighted by Gasteiger charge is -2.31. The summed E-state index contributed by atoms with van der Waals surface area (Å²) in [5, 5.41) is 4.96. The summed E-state index contributed by atoms with van der Waals surface area (Å²) >= 11 is 7.54. The molecule has 6 nitrogen and oxygen atoms in total. The number of anilines is 1. The van der Waals surface area contributed by atoms with Crippen molar-refractivity contribution in [3.05, 3.63) is 40.6 Å². The molecule has 3 heterocycles. The van der Waals surface area contributed by atoms with Gasteiger partial charge >= 0.3 is 0 Å². The van der Waals surface area contributed by atoms with E-state index in [4.69, 9.17) is 20.9 Å². The standard InChI is InChI=1S/C20H23ClN4O2S/c1-2-18-23-19(27-24-18)15-3-5-16(6-4-15)26-12-9-14-7-10-25(11-8-14)20-22-13-17(21)28-20/h3-6,13-14H,2,7-12H2,1H3. The van der Waals surface area contributed by atoms with Gasteiger partial charge in [-0.05, 0) is 49.4 Å². The Labute approximate surface area is 173 Å². The van der Waals surface area contributed by atoms with E-state index < -0.39 is 0 Å². The van der Waals surface area contributed by atoms with E-state index in [0.717, 1.165) is 72.0 Å². The molecule has 4 rings (SSSR count). The summed E-state index contributed by atoms with van der Waals surface area (Å²) in [6, 6.07) is 7.83. The number of piperidine rings is 1. The first-order valence-corrected chi connectivity index (χ1v) is 10.8. The minimum atomic E-state index is 0.552. The molecule has 1 fully saturated rings. The molecule has 1 saturated heterocycles. The average Bonchev–Trinajstić information content (AvgIpc) is 3.38. The van der Waals surface area contributed by atoms with Crippen LogP contribution in [0.1, 0.15) is 32.0 Å². The Morgan fingerprint density at radius 2 is 2.04 bits per heavy atom. The number of thiazole rings is 1. The largest absolute Gasteiger partial charge is 0.494 e. The van der Waals surface area contributed by atoms with Crippen molar-refractivity contribution in [3.63, 3.8) is 0 Å². The topological polar surface area (TPSA) is 64.3 Å². The number of hydrogen-bond acceptors (Lipinski definition) is 7. The molecule has 1 aromatic carbocycles. The molecule has 0 atom stereocenters. The first-order chi connectivity index (χ1) is 13.7. The highest BCUT2D eigenvalue weighted by Crippen LogP contribution is 2.30. The molecule has 28 heavy (non-hydrogen) atoms. The number of rotatable bonds is 7. The second kappa shape index (κ2) is 8.92. The van der Waals surface area contributed by atoms with Gasteiger partial charge in [-0.1, -0.05) is 35.0 Å². The maximum Gasteiger partial charge on any atom is 0.257 e. The lowest BCUT2D eigenvalue weighted by Crippen LogP contribution is -2.34. The van der Waals surface area contributed by atoms with Gasteiger partial charge in [0.15, 0.2) is 11.0 Å². The normalized spacial score (nSPS) is 15.1. The third-order valence-electron chi connectivity index (χ3n) is 5.03. The van der Waals surface area contributed by atoms with Crippen LogP contribution >= 0.6 is 22.9 Å². The zero-order valence-corrected chi connectivity index (χ0v) is 17.4. The molecule has 0 amide bonds. The molecule has 8 heteroatoms. The van der Waals surface area contributed by atoms with Crippen LogP contribution in [0.2, 0.25) is 4.34 Å². The van der Waals surface area contributed by atoms with Gasteiger partial charge in [0.25, 0.3) is 5.89 Å². The zero-order valence-electron chi connectivity index (χ0n) is 15.8. The Hall–Kier alpha value is -2.12. The first-order valence-electron chi connectivity index (χ1n) is 9.63. The average molecular weight is 419 g/mol. The van der Waals surface area contributed by atoms with Crippen LogP contribution in [0.25, 0.3) is 11.5 Å². The molecular formula is C20H23ClN4O2S. The van der Waals surface area contributed by atoms with E-state index in [-0.39, 0.29) is 0 Å². The fourth-order valence-electron chi connectivity index (χ4n) is 3.36. The highest BCUT2D eigenvalue weighted by molar-refractivity contribution is 7.19. The van der Waals surface area contributed by atoms with Crippen LogP contribution < -0.4 is 9.64 Å². The van der Waals surface area contributed by atoms with Crippen LogP contribution in [-0.2, 0) is 6.42 Å². The van der Waals surface area contributed by atoms with E-state index in [1.54, 1.807) is 17.5 Å². The maximum absolute atomic E-state index is 5.99. The molecule has 0 N–H and O–H groups in total. The molecule has 148 valence electrons. The summed E-state index contributed by atoms with van der Waals surface area (Å²) in [4.78, 5) is 11.0. The van der Waals surface area contributed by atoms with E-state index in [0.29, 0.717) is 11.8 Å². The van der Waals surface area contributed by atoms with Crippen LogP contribution in [0.3, 0.4) is 0 Å². The second-order valence-electron chi connectivity index (χ2n) is 6.91. The fourth-order valence-corrected chi connectivity index (χ4v) is 4.31. The van der Waals surface area contributed by atoms with E-state index in [2.05, 4.69) is 20.0 Å². The van der Waals surface area contributed by atoms with Crippen molar-refractivity contribution in [1.82, 2.24) is 15.1 Å². The van der Waals surface area contributed by atoms with Crippen LogP contribution in [0.15, 0.2) is 35.0 Å². The highest BCUT2D eigenvalue weighted by atomic mass is 35.5. The minimum Gasteiger partial charge on any atom is -0.494 e. The second-order valence-corrected chi connectivity index (χ2v) is 8.55. The van der Waals surface area contributed by atoms with Gasteiger partial charge in [0, 0.05) is 25.1 Å². The molecule has 0 spiro atoms. The molecule has 0 aliphatic carbocycles. The van der Waals surface area contributed by atoms with Gasteiger partial charge in [-0.3, -0.25) is 0 Å². The lowest BCUT2D eigenvalue weighted by molar-refractivity contribution is 0.258. The molecular weight excluding hydrogens is 396 g/mol. The summed E-state index contributed by atoms with van der Waals surface area (Å²) in [6.45, 7) is 4.80. The summed E-state index contributed by atoms with van der Waals surface area (Å²) in [7, 11) is 0. The molecule has 3 aromatic rings. The molecule has 0 saturated carbocycles. The van der Waals surface area contributed by atoms with Crippen molar-refractivity contribution in [2.75, 3.05) is 24.6 Å². The lowest BCUT2D eigenvalue weighted by atomic mass is 9.94. The molecule has 1 aliphatic heterocycles. The van der Waals surface area contributed by atoms with Gasteiger partial charge in [0.1, 0.15) is 10.1 Å². The van der Waals surface area contributed by atoms with Crippen LogP contribution in [0, 0.1) is 5.92 Å². The smallest absolute Gasteiger partial charge is 0.257 e. The third kappa shape index (κ3) is 4.64. The molecule has 1 aliphatic rings. The number of ether oxygens (including phenoxy) is 1. The van der Waals surface area contributed by atoms with Crippen molar-refractivity contribution < 1.29 is 9.26 Å². The Kier molecular flexibility index (Phi) is 6.12. The van der Waals surface area contributed by atoms with Gasteiger partial charge in [-0.25, -0.2) is 4.98 Å². The molecule has 0 bridgehead atoms. The van der Waals surface area contributed by atoms with Crippen LogP contribution in [0.4, 0.5) is 5.13 Å². The van der Waals surface area contributed by atoms with Crippen molar-refractivity contribution in [1.29, 1.82) is 0 Å². The van der Waals surface area contributed by atoms with Crippen molar-refractivity contribution >= 4 is 28.1 Å².